The molecule has 5 nitrogen and oxygen atoms in total. The van der Waals surface area contributed by atoms with Crippen LogP contribution in [0.2, 0.25) is 5.02 Å². The van der Waals surface area contributed by atoms with Crippen LogP contribution in [0.1, 0.15) is 15.9 Å². The average Bonchev–Trinajstić information content (AvgIpc) is 2.57. The highest BCUT2D eigenvalue weighted by Crippen LogP contribution is 2.16. The van der Waals surface area contributed by atoms with Crippen molar-refractivity contribution in [3.05, 3.63) is 64.7 Å². The van der Waals surface area contributed by atoms with E-state index in [0.29, 0.717) is 22.8 Å². The van der Waals surface area contributed by atoms with E-state index in [9.17, 15) is 9.59 Å². The molecular weight excluding hydrogens is 373 g/mol. The Hall–Kier alpha value is -2.08. The van der Waals surface area contributed by atoms with Gasteiger partial charge < -0.3 is 15.5 Å². The lowest BCUT2D eigenvalue weighted by atomic mass is 10.1. The van der Waals surface area contributed by atoms with Crippen LogP contribution in [0.4, 0.5) is 5.69 Å². The molecule has 0 aromatic heterocycles. The smallest absolute Gasteiger partial charge is 0.253 e. The largest absolute Gasteiger partial charge is 0.351 e. The lowest BCUT2D eigenvalue weighted by Gasteiger charge is -2.13. The number of hydrogen-bond donors (Lipinski definition) is 2. The molecular formula is C19H23Cl2N3O2. The van der Waals surface area contributed by atoms with Gasteiger partial charge in [-0.15, -0.1) is 12.4 Å². The van der Waals surface area contributed by atoms with Gasteiger partial charge in [0.15, 0.2) is 0 Å². The van der Waals surface area contributed by atoms with E-state index >= 15 is 0 Å². The van der Waals surface area contributed by atoms with Crippen LogP contribution in [0.15, 0.2) is 48.5 Å². The molecule has 0 spiro atoms. The molecule has 0 unspecified atom stereocenters. The van der Waals surface area contributed by atoms with Gasteiger partial charge in [-0.2, -0.15) is 0 Å². The van der Waals surface area contributed by atoms with Gasteiger partial charge in [0.1, 0.15) is 0 Å². The van der Waals surface area contributed by atoms with E-state index in [-0.39, 0.29) is 30.6 Å². The number of nitrogens with zero attached hydrogens (tertiary/aromatic N) is 1. The van der Waals surface area contributed by atoms with Crippen LogP contribution in [0.25, 0.3) is 0 Å². The first-order chi connectivity index (χ1) is 12.0. The molecule has 0 saturated heterocycles. The van der Waals surface area contributed by atoms with Crippen molar-refractivity contribution in [1.29, 1.82) is 0 Å². The molecule has 2 aromatic rings. The molecule has 2 aromatic carbocycles. The van der Waals surface area contributed by atoms with Crippen molar-refractivity contribution in [2.45, 2.75) is 6.42 Å². The number of carbonyl (C=O) groups excluding carboxylic acids is 2. The maximum absolute atomic E-state index is 12.3. The summed E-state index contributed by atoms with van der Waals surface area (Å²) in [5, 5.41) is 6.29. The molecule has 26 heavy (non-hydrogen) atoms. The van der Waals surface area contributed by atoms with Crippen LogP contribution in [0.5, 0.6) is 0 Å². The van der Waals surface area contributed by atoms with Crippen molar-refractivity contribution in [1.82, 2.24) is 10.2 Å². The fraction of sp³-hybridized carbons (Fsp3) is 0.263. The van der Waals surface area contributed by atoms with Crippen molar-refractivity contribution in [3.63, 3.8) is 0 Å². The van der Waals surface area contributed by atoms with E-state index in [0.717, 1.165) is 12.1 Å². The Bertz CT molecular complexity index is 734. The van der Waals surface area contributed by atoms with Crippen LogP contribution >= 0.6 is 24.0 Å². The number of halogens is 2. The minimum Gasteiger partial charge on any atom is -0.351 e. The maximum atomic E-state index is 12.3. The number of para-hydroxylation sites is 1. The highest BCUT2D eigenvalue weighted by atomic mass is 35.5. The summed E-state index contributed by atoms with van der Waals surface area (Å²) < 4.78 is 0. The third-order valence-electron chi connectivity index (χ3n) is 3.57. The van der Waals surface area contributed by atoms with Gasteiger partial charge in [0, 0.05) is 18.1 Å². The summed E-state index contributed by atoms with van der Waals surface area (Å²) in [5.74, 6) is -0.389. The molecule has 0 radical (unpaired) electrons. The molecule has 2 rings (SSSR count). The molecule has 0 aliphatic rings. The Labute approximate surface area is 165 Å². The number of likely N-dealkylation sites (N-methyl/N-ethyl adjacent to an activating group) is 1. The first-order valence-electron chi connectivity index (χ1n) is 8.02. The van der Waals surface area contributed by atoms with E-state index < -0.39 is 0 Å². The molecule has 0 aliphatic heterocycles. The number of carbonyl (C=O) groups is 2. The van der Waals surface area contributed by atoms with Crippen molar-refractivity contribution >= 4 is 41.5 Å². The van der Waals surface area contributed by atoms with E-state index in [1.807, 2.05) is 31.1 Å². The molecule has 0 aliphatic carbocycles. The first kappa shape index (κ1) is 22.0. The standard InChI is InChI=1S/C19H22ClN3O2.ClH/c1-23(2)12-11-21-19(25)16-5-3-4-6-17(16)22-18(24)13-14-7-9-15(20)10-8-14;/h3-10H,11-13H2,1-2H3,(H,21,25)(H,22,24);1H. The van der Waals surface area contributed by atoms with Gasteiger partial charge in [-0.25, -0.2) is 0 Å². The predicted molar refractivity (Wildman–Crippen MR) is 108 cm³/mol. The average molecular weight is 396 g/mol. The van der Waals surface area contributed by atoms with E-state index in [4.69, 9.17) is 11.6 Å². The van der Waals surface area contributed by atoms with E-state index in [1.54, 1.807) is 36.4 Å². The molecule has 0 heterocycles. The molecule has 2 N–H and O–H groups in total. The summed E-state index contributed by atoms with van der Waals surface area (Å²) in [4.78, 5) is 26.6. The molecule has 0 saturated carbocycles. The van der Waals surface area contributed by atoms with Crippen LogP contribution in [-0.4, -0.2) is 43.9 Å². The number of rotatable bonds is 7. The molecule has 2 amide bonds. The number of nitrogens with one attached hydrogen (secondary N) is 2. The minimum atomic E-state index is -0.204. The minimum absolute atomic E-state index is 0. The Morgan fingerprint density at radius 2 is 1.69 bits per heavy atom. The topological polar surface area (TPSA) is 61.4 Å². The Morgan fingerprint density at radius 1 is 1.04 bits per heavy atom. The van der Waals surface area contributed by atoms with Crippen LogP contribution < -0.4 is 10.6 Å². The molecule has 140 valence electrons. The van der Waals surface area contributed by atoms with Crippen LogP contribution in [0.3, 0.4) is 0 Å². The van der Waals surface area contributed by atoms with Gasteiger partial charge in [-0.1, -0.05) is 35.9 Å². The second-order valence-electron chi connectivity index (χ2n) is 5.96. The van der Waals surface area contributed by atoms with E-state index in [2.05, 4.69) is 10.6 Å². The summed E-state index contributed by atoms with van der Waals surface area (Å²) in [6.07, 6.45) is 0.216. The second kappa shape index (κ2) is 10.8. The maximum Gasteiger partial charge on any atom is 0.253 e. The van der Waals surface area contributed by atoms with Gasteiger partial charge in [0.25, 0.3) is 5.91 Å². The number of benzene rings is 2. The summed E-state index contributed by atoms with van der Waals surface area (Å²) in [7, 11) is 3.88. The van der Waals surface area contributed by atoms with E-state index in [1.165, 1.54) is 0 Å². The van der Waals surface area contributed by atoms with Gasteiger partial charge in [-0.3, -0.25) is 9.59 Å². The molecule has 0 atom stereocenters. The predicted octanol–water partition coefficient (Wildman–Crippen LogP) is 3.23. The van der Waals surface area contributed by atoms with Gasteiger partial charge >= 0.3 is 0 Å². The zero-order chi connectivity index (χ0) is 18.2. The highest BCUT2D eigenvalue weighted by Gasteiger charge is 2.13. The lowest BCUT2D eigenvalue weighted by molar-refractivity contribution is -0.115. The summed E-state index contributed by atoms with van der Waals surface area (Å²) in [5.41, 5.74) is 1.81. The molecule has 7 heteroatoms. The number of anilines is 1. The fourth-order valence-electron chi connectivity index (χ4n) is 2.26. The third kappa shape index (κ3) is 7.04. The Balaban J connectivity index is 0.00000338. The Morgan fingerprint density at radius 3 is 2.35 bits per heavy atom. The zero-order valence-electron chi connectivity index (χ0n) is 14.8. The lowest BCUT2D eigenvalue weighted by Crippen LogP contribution is -2.32. The van der Waals surface area contributed by atoms with Crippen molar-refractivity contribution < 1.29 is 9.59 Å². The van der Waals surface area contributed by atoms with Gasteiger partial charge in [-0.05, 0) is 43.9 Å². The number of hydrogen-bond acceptors (Lipinski definition) is 3. The summed E-state index contributed by atoms with van der Waals surface area (Å²) >= 11 is 5.85. The zero-order valence-corrected chi connectivity index (χ0v) is 16.4. The first-order valence-corrected chi connectivity index (χ1v) is 8.40. The van der Waals surface area contributed by atoms with Crippen molar-refractivity contribution in [3.8, 4) is 0 Å². The van der Waals surface area contributed by atoms with Crippen molar-refractivity contribution in [2.24, 2.45) is 0 Å². The molecule has 0 bridgehead atoms. The Kier molecular flexibility index (Phi) is 9.13. The molecule has 0 fully saturated rings. The second-order valence-corrected chi connectivity index (χ2v) is 6.39. The summed E-state index contributed by atoms with van der Waals surface area (Å²) in [6.45, 7) is 1.29. The van der Waals surface area contributed by atoms with Crippen LogP contribution in [-0.2, 0) is 11.2 Å². The SMILES string of the molecule is CN(C)CCNC(=O)c1ccccc1NC(=O)Cc1ccc(Cl)cc1.Cl. The highest BCUT2D eigenvalue weighted by molar-refractivity contribution is 6.30. The fourth-order valence-corrected chi connectivity index (χ4v) is 2.39. The van der Waals surface area contributed by atoms with Gasteiger partial charge in [0.05, 0.1) is 17.7 Å². The quantitative estimate of drug-likeness (QED) is 0.756. The van der Waals surface area contributed by atoms with Crippen LogP contribution in [0, 0.1) is 0 Å². The number of amides is 2. The normalized spacial score (nSPS) is 10.2. The monoisotopic (exact) mass is 395 g/mol. The summed E-state index contributed by atoms with van der Waals surface area (Å²) in [6, 6.07) is 14.1. The third-order valence-corrected chi connectivity index (χ3v) is 3.82. The van der Waals surface area contributed by atoms with Gasteiger partial charge in [0.2, 0.25) is 5.91 Å². The van der Waals surface area contributed by atoms with Crippen molar-refractivity contribution in [2.75, 3.05) is 32.5 Å².